The van der Waals surface area contributed by atoms with Gasteiger partial charge in [-0.2, -0.15) is 0 Å². The summed E-state index contributed by atoms with van der Waals surface area (Å²) in [5.74, 6) is -1.33. The van der Waals surface area contributed by atoms with Crippen LogP contribution in [0, 0.1) is 10.1 Å². The second-order valence-electron chi connectivity index (χ2n) is 2.95. The normalized spacial score (nSPS) is 11.1. The van der Waals surface area contributed by atoms with Crippen LogP contribution in [0.2, 0.25) is 0 Å². The number of rotatable bonds is 4. The monoisotopic (exact) mass is 224 g/mol. The van der Waals surface area contributed by atoms with E-state index in [1.54, 1.807) is 0 Å². The van der Waals surface area contributed by atoms with Gasteiger partial charge >= 0.3 is 5.97 Å². The molecule has 0 aromatic heterocycles. The summed E-state index contributed by atoms with van der Waals surface area (Å²) in [5, 5.41) is 29.9. The van der Waals surface area contributed by atoms with Gasteiger partial charge in [0.2, 0.25) is 0 Å². The van der Waals surface area contributed by atoms with Gasteiger partial charge in [0, 0.05) is 18.6 Å². The van der Waals surface area contributed by atoms with Crippen LogP contribution in [0.5, 0.6) is 0 Å². The number of aliphatic carboxylic acids is 1. The van der Waals surface area contributed by atoms with E-state index in [2.05, 4.69) is 5.16 Å². The van der Waals surface area contributed by atoms with Crippen LogP contribution in [-0.4, -0.2) is 26.9 Å². The zero-order valence-corrected chi connectivity index (χ0v) is 8.03. The fraction of sp³-hybridized carbons (Fsp3) is 0.111. The molecule has 7 nitrogen and oxygen atoms in total. The van der Waals surface area contributed by atoms with Gasteiger partial charge in [-0.25, -0.2) is 4.79 Å². The molecule has 0 atom stereocenters. The standard InChI is InChI=1S/C9H8N2O5/c12-9(13)8(10-14)5-6-1-3-7(4-2-6)11(15)16/h1-4,14H,5H2,(H,12,13). The molecule has 0 radical (unpaired) electrons. The summed E-state index contributed by atoms with van der Waals surface area (Å²) in [6.07, 6.45) is -0.0934. The van der Waals surface area contributed by atoms with Crippen molar-refractivity contribution in [3.8, 4) is 0 Å². The second-order valence-corrected chi connectivity index (χ2v) is 2.95. The quantitative estimate of drug-likeness (QED) is 0.343. The van der Waals surface area contributed by atoms with E-state index in [1.165, 1.54) is 24.3 Å². The van der Waals surface area contributed by atoms with Crippen molar-refractivity contribution in [1.82, 2.24) is 0 Å². The van der Waals surface area contributed by atoms with Crippen molar-refractivity contribution in [2.45, 2.75) is 6.42 Å². The summed E-state index contributed by atoms with van der Waals surface area (Å²) in [4.78, 5) is 20.3. The van der Waals surface area contributed by atoms with Crippen molar-refractivity contribution >= 4 is 17.4 Å². The van der Waals surface area contributed by atoms with Gasteiger partial charge in [-0.1, -0.05) is 17.3 Å². The lowest BCUT2D eigenvalue weighted by Gasteiger charge is -1.99. The summed E-state index contributed by atoms with van der Waals surface area (Å²) in [6.45, 7) is 0. The van der Waals surface area contributed by atoms with Crippen molar-refractivity contribution < 1.29 is 20.0 Å². The molecule has 0 spiro atoms. The number of nitrogens with zero attached hydrogens (tertiary/aromatic N) is 2. The first kappa shape index (κ1) is 11.6. The third-order valence-corrected chi connectivity index (χ3v) is 1.89. The van der Waals surface area contributed by atoms with E-state index in [9.17, 15) is 14.9 Å². The zero-order chi connectivity index (χ0) is 12.1. The lowest BCUT2D eigenvalue weighted by atomic mass is 10.1. The Labute approximate surface area is 89.8 Å². The first-order chi connectivity index (χ1) is 7.54. The Balaban J connectivity index is 2.83. The molecule has 84 valence electrons. The predicted octanol–water partition coefficient (Wildman–Crippen LogP) is 1.05. The van der Waals surface area contributed by atoms with Gasteiger partial charge in [-0.15, -0.1) is 0 Å². The van der Waals surface area contributed by atoms with Gasteiger partial charge in [0.25, 0.3) is 5.69 Å². The van der Waals surface area contributed by atoms with E-state index in [0.29, 0.717) is 5.56 Å². The third kappa shape index (κ3) is 2.77. The molecule has 1 aromatic rings. The molecule has 0 unspecified atom stereocenters. The molecule has 0 saturated carbocycles. The van der Waals surface area contributed by atoms with Crippen LogP contribution in [0.15, 0.2) is 29.4 Å². The SMILES string of the molecule is O=C(O)C(Cc1ccc([N+](=O)[O-])cc1)=NO. The number of hydrogen-bond acceptors (Lipinski definition) is 5. The molecular formula is C9H8N2O5. The number of nitro groups is 1. The van der Waals surface area contributed by atoms with Gasteiger partial charge in [0.15, 0.2) is 5.71 Å². The van der Waals surface area contributed by atoms with Crippen molar-refractivity contribution in [3.05, 3.63) is 39.9 Å². The number of carbonyl (C=O) groups is 1. The van der Waals surface area contributed by atoms with Crippen molar-refractivity contribution in [3.63, 3.8) is 0 Å². The molecule has 0 bridgehead atoms. The van der Waals surface area contributed by atoms with Gasteiger partial charge in [0.1, 0.15) is 0 Å². The molecule has 7 heteroatoms. The van der Waals surface area contributed by atoms with Crippen LogP contribution in [0.1, 0.15) is 5.56 Å². The van der Waals surface area contributed by atoms with Crippen LogP contribution in [0.25, 0.3) is 0 Å². The third-order valence-electron chi connectivity index (χ3n) is 1.89. The molecule has 1 aromatic carbocycles. The minimum Gasteiger partial charge on any atom is -0.477 e. The average Bonchev–Trinajstić information content (AvgIpc) is 2.26. The molecular weight excluding hydrogens is 216 g/mol. The van der Waals surface area contributed by atoms with Crippen molar-refractivity contribution in [2.75, 3.05) is 0 Å². The van der Waals surface area contributed by atoms with Crippen LogP contribution in [0.4, 0.5) is 5.69 Å². The highest BCUT2D eigenvalue weighted by atomic mass is 16.6. The van der Waals surface area contributed by atoms with Crippen molar-refractivity contribution in [1.29, 1.82) is 0 Å². The Morgan fingerprint density at radius 2 is 1.94 bits per heavy atom. The molecule has 0 aliphatic rings. The van der Waals surface area contributed by atoms with E-state index in [1.807, 2.05) is 0 Å². The van der Waals surface area contributed by atoms with E-state index in [-0.39, 0.29) is 12.1 Å². The maximum absolute atomic E-state index is 10.5. The van der Waals surface area contributed by atoms with Crippen LogP contribution in [0.3, 0.4) is 0 Å². The summed E-state index contributed by atoms with van der Waals surface area (Å²) in [7, 11) is 0. The van der Waals surface area contributed by atoms with E-state index < -0.39 is 16.6 Å². The lowest BCUT2D eigenvalue weighted by molar-refractivity contribution is -0.384. The number of carboxylic acids is 1. The van der Waals surface area contributed by atoms with Crippen molar-refractivity contribution in [2.24, 2.45) is 5.16 Å². The molecule has 2 N–H and O–H groups in total. The molecule has 0 aliphatic heterocycles. The van der Waals surface area contributed by atoms with Gasteiger partial charge in [0.05, 0.1) is 4.92 Å². The Morgan fingerprint density at radius 3 is 2.31 bits per heavy atom. The largest absolute Gasteiger partial charge is 0.477 e. The minimum absolute atomic E-state index is 0.0819. The van der Waals surface area contributed by atoms with Gasteiger partial charge < -0.3 is 10.3 Å². The number of carboxylic acid groups (broad SMARTS) is 1. The highest BCUT2D eigenvalue weighted by molar-refractivity contribution is 6.35. The predicted molar refractivity (Wildman–Crippen MR) is 53.7 cm³/mol. The highest BCUT2D eigenvalue weighted by Gasteiger charge is 2.12. The molecule has 1 rings (SSSR count). The second kappa shape index (κ2) is 4.87. The van der Waals surface area contributed by atoms with Crippen LogP contribution >= 0.6 is 0 Å². The molecule has 0 fully saturated rings. The summed E-state index contributed by atoms with van der Waals surface area (Å²) < 4.78 is 0. The molecule has 0 heterocycles. The van der Waals surface area contributed by atoms with E-state index >= 15 is 0 Å². The number of non-ortho nitro benzene ring substituents is 1. The average molecular weight is 224 g/mol. The molecule has 0 saturated heterocycles. The number of nitro benzene ring substituents is 1. The minimum atomic E-state index is -1.33. The van der Waals surface area contributed by atoms with Gasteiger partial charge in [-0.05, 0) is 5.56 Å². The Bertz CT molecular complexity index is 438. The Hall–Kier alpha value is -2.44. The molecule has 0 aliphatic carbocycles. The number of oxime groups is 1. The maximum Gasteiger partial charge on any atom is 0.354 e. The molecule has 0 amide bonds. The first-order valence-corrected chi connectivity index (χ1v) is 4.22. The van der Waals surface area contributed by atoms with E-state index in [4.69, 9.17) is 10.3 Å². The fourth-order valence-electron chi connectivity index (χ4n) is 1.08. The number of benzene rings is 1. The smallest absolute Gasteiger partial charge is 0.354 e. The number of hydrogen-bond donors (Lipinski definition) is 2. The topological polar surface area (TPSA) is 113 Å². The van der Waals surface area contributed by atoms with E-state index in [0.717, 1.165) is 0 Å². The highest BCUT2D eigenvalue weighted by Crippen LogP contribution is 2.12. The zero-order valence-electron chi connectivity index (χ0n) is 8.03. The summed E-state index contributed by atoms with van der Waals surface area (Å²) >= 11 is 0. The lowest BCUT2D eigenvalue weighted by Crippen LogP contribution is -2.15. The Kier molecular flexibility index (Phi) is 3.54. The van der Waals surface area contributed by atoms with Crippen LogP contribution < -0.4 is 0 Å². The molecule has 16 heavy (non-hydrogen) atoms. The van der Waals surface area contributed by atoms with Gasteiger partial charge in [-0.3, -0.25) is 10.1 Å². The maximum atomic E-state index is 10.5. The first-order valence-electron chi connectivity index (χ1n) is 4.22. The summed E-state index contributed by atoms with van der Waals surface area (Å²) in [6, 6.07) is 5.33. The fourth-order valence-corrected chi connectivity index (χ4v) is 1.08. The van der Waals surface area contributed by atoms with Crippen LogP contribution in [-0.2, 0) is 11.2 Å². The Morgan fingerprint density at radius 1 is 1.38 bits per heavy atom. The summed E-state index contributed by atoms with van der Waals surface area (Å²) in [5.41, 5.74) is 0.0104.